The predicted octanol–water partition coefficient (Wildman–Crippen LogP) is 6.72. The van der Waals surface area contributed by atoms with Crippen molar-refractivity contribution in [2.75, 3.05) is 11.6 Å². The summed E-state index contributed by atoms with van der Waals surface area (Å²) in [6, 6.07) is 5.20. The standard InChI is InChI=1S/C24H38N2S/c1-8-16-13-17(9-2)21(18(10-3)14-16)26-22(27-7)25-20-15-19-11-12-24(20,6)23(19,4)5/h13-14,19-20H,8-12,15H2,1-7H3,(H,25,26). The van der Waals surface area contributed by atoms with Crippen LogP contribution in [0.2, 0.25) is 0 Å². The van der Waals surface area contributed by atoms with Crippen LogP contribution >= 0.6 is 11.8 Å². The SMILES string of the molecule is CCc1cc(CC)c(NC(=NC2CC3CCC2(C)C3(C)C)SC)c(CC)c1. The number of rotatable bonds is 5. The lowest BCUT2D eigenvalue weighted by atomic mass is 9.69. The molecule has 2 bridgehead atoms. The molecule has 0 amide bonds. The quantitative estimate of drug-likeness (QED) is 0.449. The summed E-state index contributed by atoms with van der Waals surface area (Å²) in [5.41, 5.74) is 6.35. The van der Waals surface area contributed by atoms with E-state index in [4.69, 9.17) is 4.99 Å². The van der Waals surface area contributed by atoms with Gasteiger partial charge in [-0.25, -0.2) is 0 Å². The minimum absolute atomic E-state index is 0.341. The molecule has 0 saturated heterocycles. The third kappa shape index (κ3) is 3.45. The van der Waals surface area contributed by atoms with Gasteiger partial charge >= 0.3 is 0 Å². The van der Waals surface area contributed by atoms with Gasteiger partial charge in [-0.1, -0.05) is 65.4 Å². The highest BCUT2D eigenvalue weighted by atomic mass is 32.2. The van der Waals surface area contributed by atoms with Crippen LogP contribution in [0.3, 0.4) is 0 Å². The lowest BCUT2D eigenvalue weighted by Gasteiger charge is -2.37. The summed E-state index contributed by atoms with van der Waals surface area (Å²) < 4.78 is 0. The molecule has 3 unspecified atom stereocenters. The Morgan fingerprint density at radius 2 is 1.74 bits per heavy atom. The second-order valence-corrected chi connectivity index (χ2v) is 10.0. The van der Waals surface area contributed by atoms with Gasteiger partial charge in [0, 0.05) is 5.69 Å². The van der Waals surface area contributed by atoms with E-state index in [2.05, 4.69) is 65.2 Å². The molecule has 1 aromatic carbocycles. The number of thioether (sulfide) groups is 1. The van der Waals surface area contributed by atoms with E-state index in [1.54, 1.807) is 11.8 Å². The minimum Gasteiger partial charge on any atom is -0.335 e. The lowest BCUT2D eigenvalue weighted by Crippen LogP contribution is -2.35. The third-order valence-corrected chi connectivity index (χ3v) is 8.57. The molecule has 150 valence electrons. The number of hydrogen-bond acceptors (Lipinski definition) is 2. The van der Waals surface area contributed by atoms with Gasteiger partial charge in [-0.3, -0.25) is 4.99 Å². The van der Waals surface area contributed by atoms with Gasteiger partial charge in [0.2, 0.25) is 0 Å². The van der Waals surface area contributed by atoms with Crippen molar-refractivity contribution in [1.82, 2.24) is 0 Å². The number of nitrogens with one attached hydrogen (secondary N) is 1. The zero-order valence-electron chi connectivity index (χ0n) is 18.4. The second kappa shape index (κ2) is 7.81. The van der Waals surface area contributed by atoms with E-state index in [0.29, 0.717) is 16.9 Å². The number of fused-ring (bicyclic) bond motifs is 2. The van der Waals surface area contributed by atoms with Gasteiger partial charge in [0.15, 0.2) is 5.17 Å². The molecular weight excluding hydrogens is 348 g/mol. The monoisotopic (exact) mass is 386 g/mol. The zero-order valence-corrected chi connectivity index (χ0v) is 19.2. The number of aryl methyl sites for hydroxylation is 3. The highest BCUT2D eigenvalue weighted by Gasteiger charge is 2.61. The second-order valence-electron chi connectivity index (χ2n) is 9.24. The van der Waals surface area contributed by atoms with Crippen molar-refractivity contribution in [3.63, 3.8) is 0 Å². The van der Waals surface area contributed by atoms with Crippen LogP contribution in [0.25, 0.3) is 0 Å². The smallest absolute Gasteiger partial charge is 0.161 e. The molecule has 2 saturated carbocycles. The van der Waals surface area contributed by atoms with Gasteiger partial charge in [0.25, 0.3) is 0 Å². The van der Waals surface area contributed by atoms with E-state index in [-0.39, 0.29) is 0 Å². The van der Waals surface area contributed by atoms with Crippen molar-refractivity contribution in [2.24, 2.45) is 21.7 Å². The van der Waals surface area contributed by atoms with Gasteiger partial charge in [-0.15, -0.1) is 0 Å². The Bertz CT molecular complexity index is 696. The normalized spacial score (nSPS) is 29.4. The van der Waals surface area contributed by atoms with E-state index in [1.165, 1.54) is 41.6 Å². The van der Waals surface area contributed by atoms with Gasteiger partial charge in [-0.05, 0) is 78.2 Å². The summed E-state index contributed by atoms with van der Waals surface area (Å²) >= 11 is 1.77. The molecule has 2 fully saturated rings. The molecule has 2 aliphatic carbocycles. The average Bonchev–Trinajstić information content (AvgIpc) is 3.00. The Morgan fingerprint density at radius 1 is 1.11 bits per heavy atom. The highest BCUT2D eigenvalue weighted by molar-refractivity contribution is 8.13. The van der Waals surface area contributed by atoms with Crippen molar-refractivity contribution >= 4 is 22.6 Å². The van der Waals surface area contributed by atoms with Crippen molar-refractivity contribution in [1.29, 1.82) is 0 Å². The maximum atomic E-state index is 5.30. The summed E-state index contributed by atoms with van der Waals surface area (Å²) in [5, 5.41) is 4.86. The van der Waals surface area contributed by atoms with Crippen molar-refractivity contribution in [3.05, 3.63) is 28.8 Å². The van der Waals surface area contributed by atoms with Crippen LogP contribution in [0, 0.1) is 16.7 Å². The van der Waals surface area contributed by atoms with Crippen LogP contribution in [0.1, 0.15) is 77.5 Å². The summed E-state index contributed by atoms with van der Waals surface area (Å²) in [7, 11) is 0. The number of amidine groups is 1. The summed E-state index contributed by atoms with van der Waals surface area (Å²) in [4.78, 5) is 5.30. The average molecular weight is 387 g/mol. The molecule has 2 nitrogen and oxygen atoms in total. The van der Waals surface area contributed by atoms with E-state index in [1.807, 2.05) is 0 Å². The number of anilines is 1. The molecule has 2 aliphatic rings. The first-order chi connectivity index (χ1) is 12.8. The Kier molecular flexibility index (Phi) is 6.01. The van der Waals surface area contributed by atoms with E-state index < -0.39 is 0 Å². The van der Waals surface area contributed by atoms with Gasteiger partial charge in [0.05, 0.1) is 6.04 Å². The third-order valence-electron chi connectivity index (χ3n) is 7.98. The maximum Gasteiger partial charge on any atom is 0.161 e. The van der Waals surface area contributed by atoms with Crippen LogP contribution in [0.4, 0.5) is 5.69 Å². The molecular formula is C24H38N2S. The summed E-state index contributed by atoms with van der Waals surface area (Å²) in [5.74, 6) is 0.834. The van der Waals surface area contributed by atoms with Crippen LogP contribution in [0.5, 0.6) is 0 Å². The Hall–Kier alpha value is -0.960. The van der Waals surface area contributed by atoms with Gasteiger partial charge in [0.1, 0.15) is 0 Å². The van der Waals surface area contributed by atoms with Crippen LogP contribution in [-0.2, 0) is 19.3 Å². The number of aliphatic imine (C=N–C) groups is 1. The molecule has 0 radical (unpaired) electrons. The Balaban J connectivity index is 1.91. The Labute approximate surface area is 171 Å². The first-order valence-electron chi connectivity index (χ1n) is 10.8. The molecule has 3 atom stereocenters. The van der Waals surface area contributed by atoms with Crippen LogP contribution < -0.4 is 5.32 Å². The summed E-state index contributed by atoms with van der Waals surface area (Å²) in [6.07, 6.45) is 9.33. The molecule has 0 spiro atoms. The number of hydrogen-bond donors (Lipinski definition) is 1. The predicted molar refractivity (Wildman–Crippen MR) is 122 cm³/mol. The molecule has 0 aromatic heterocycles. The van der Waals surface area contributed by atoms with Gasteiger partial charge < -0.3 is 5.32 Å². The molecule has 1 aromatic rings. The zero-order chi connectivity index (χ0) is 19.8. The van der Waals surface area contributed by atoms with Crippen LogP contribution in [0.15, 0.2) is 17.1 Å². The van der Waals surface area contributed by atoms with Crippen LogP contribution in [-0.4, -0.2) is 17.5 Å². The van der Waals surface area contributed by atoms with Crippen molar-refractivity contribution in [2.45, 2.75) is 86.1 Å². The molecule has 3 rings (SSSR count). The largest absolute Gasteiger partial charge is 0.335 e. The molecule has 1 N–H and O–H groups in total. The topological polar surface area (TPSA) is 24.4 Å². The molecule has 3 heteroatoms. The molecule has 0 aliphatic heterocycles. The van der Waals surface area contributed by atoms with E-state index in [0.717, 1.165) is 30.3 Å². The van der Waals surface area contributed by atoms with Gasteiger partial charge in [-0.2, -0.15) is 0 Å². The minimum atomic E-state index is 0.341. The van der Waals surface area contributed by atoms with Crippen molar-refractivity contribution < 1.29 is 0 Å². The Morgan fingerprint density at radius 3 is 2.15 bits per heavy atom. The fraction of sp³-hybridized carbons (Fsp3) is 0.708. The van der Waals surface area contributed by atoms with Crippen molar-refractivity contribution in [3.8, 4) is 0 Å². The lowest BCUT2D eigenvalue weighted by molar-refractivity contribution is 0.137. The first kappa shape index (κ1) is 20.8. The summed E-state index contributed by atoms with van der Waals surface area (Å²) in [6.45, 7) is 14.2. The maximum absolute atomic E-state index is 5.30. The fourth-order valence-corrected chi connectivity index (χ4v) is 5.94. The van der Waals surface area contributed by atoms with E-state index >= 15 is 0 Å². The van der Waals surface area contributed by atoms with E-state index in [9.17, 15) is 0 Å². The highest BCUT2D eigenvalue weighted by Crippen LogP contribution is 2.66. The first-order valence-corrected chi connectivity index (χ1v) is 12.1. The number of nitrogens with zero attached hydrogens (tertiary/aromatic N) is 1. The molecule has 0 heterocycles. The molecule has 27 heavy (non-hydrogen) atoms. The fourth-order valence-electron chi connectivity index (χ4n) is 5.50. The number of benzene rings is 1.